The Morgan fingerprint density at radius 3 is 2.47 bits per heavy atom. The number of hydrogen-bond donors (Lipinski definition) is 1. The van der Waals surface area contributed by atoms with Gasteiger partial charge in [0.15, 0.2) is 5.76 Å². The summed E-state index contributed by atoms with van der Waals surface area (Å²) in [5.41, 5.74) is 3.52. The van der Waals surface area contributed by atoms with Gasteiger partial charge in [-0.05, 0) is 44.0 Å². The fraction of sp³-hybridized carbons (Fsp3) is 0.207. The number of aromatic nitrogens is 1. The SMILES string of the molecule is CCOC(=O)Cc1ccc(-c2ccc(-c3onc(C)c3NC(=O)OC(C)c3ccccc3Cl)cc2F)cc1. The number of rotatable bonds is 8. The van der Waals surface area contributed by atoms with Gasteiger partial charge in [0.1, 0.15) is 23.3 Å². The molecular formula is C29H26ClFN2O5. The molecule has 4 aromatic rings. The lowest BCUT2D eigenvalue weighted by Crippen LogP contribution is -2.17. The molecule has 0 saturated carbocycles. The summed E-state index contributed by atoms with van der Waals surface area (Å²) in [5.74, 6) is -0.611. The van der Waals surface area contributed by atoms with Crippen LogP contribution in [0.3, 0.4) is 0 Å². The first-order chi connectivity index (χ1) is 18.3. The topological polar surface area (TPSA) is 90.7 Å². The van der Waals surface area contributed by atoms with Crippen molar-refractivity contribution in [2.75, 3.05) is 11.9 Å². The Hall–Kier alpha value is -4.17. The van der Waals surface area contributed by atoms with Crippen molar-refractivity contribution < 1.29 is 28.0 Å². The normalized spacial score (nSPS) is 11.6. The molecule has 1 aromatic heterocycles. The smallest absolute Gasteiger partial charge is 0.412 e. The number of nitrogens with one attached hydrogen (secondary N) is 1. The third kappa shape index (κ3) is 6.20. The highest BCUT2D eigenvalue weighted by Gasteiger charge is 2.21. The van der Waals surface area contributed by atoms with E-state index in [9.17, 15) is 9.59 Å². The number of hydrogen-bond acceptors (Lipinski definition) is 6. The fourth-order valence-electron chi connectivity index (χ4n) is 3.95. The monoisotopic (exact) mass is 536 g/mol. The quantitative estimate of drug-likeness (QED) is 0.234. The van der Waals surface area contributed by atoms with Crippen LogP contribution in [0.15, 0.2) is 71.3 Å². The van der Waals surface area contributed by atoms with Gasteiger partial charge in [0.2, 0.25) is 0 Å². The van der Waals surface area contributed by atoms with E-state index in [-0.39, 0.29) is 23.8 Å². The number of anilines is 1. The molecule has 0 fully saturated rings. The number of carbonyl (C=O) groups is 2. The van der Waals surface area contributed by atoms with Crippen LogP contribution in [0.2, 0.25) is 5.02 Å². The number of esters is 1. The molecule has 0 saturated heterocycles. The van der Waals surface area contributed by atoms with Crippen LogP contribution in [0.1, 0.15) is 36.8 Å². The van der Waals surface area contributed by atoms with Crippen LogP contribution in [-0.4, -0.2) is 23.8 Å². The minimum absolute atomic E-state index is 0.149. The maximum atomic E-state index is 15.2. The number of amides is 1. The van der Waals surface area contributed by atoms with E-state index in [1.165, 1.54) is 6.07 Å². The Bertz CT molecular complexity index is 1450. The van der Waals surface area contributed by atoms with Gasteiger partial charge in [-0.15, -0.1) is 0 Å². The highest BCUT2D eigenvalue weighted by molar-refractivity contribution is 6.31. The summed E-state index contributed by atoms with van der Waals surface area (Å²) < 4.78 is 31.0. The molecule has 3 aromatic carbocycles. The Labute approximate surface area is 224 Å². The molecule has 4 rings (SSSR count). The minimum atomic E-state index is -0.732. The summed E-state index contributed by atoms with van der Waals surface area (Å²) in [6, 6.07) is 18.7. The van der Waals surface area contributed by atoms with Crippen molar-refractivity contribution >= 4 is 29.4 Å². The van der Waals surface area contributed by atoms with Crippen LogP contribution in [0.4, 0.5) is 14.9 Å². The lowest BCUT2D eigenvalue weighted by atomic mass is 10.00. The van der Waals surface area contributed by atoms with E-state index >= 15 is 4.39 Å². The second kappa shape index (κ2) is 11.9. The largest absolute Gasteiger partial charge is 0.466 e. The molecule has 0 aliphatic rings. The van der Waals surface area contributed by atoms with Gasteiger partial charge >= 0.3 is 12.1 Å². The highest BCUT2D eigenvalue weighted by atomic mass is 35.5. The number of halogens is 2. The zero-order valence-electron chi connectivity index (χ0n) is 21.1. The van der Waals surface area contributed by atoms with Crippen molar-refractivity contribution in [2.24, 2.45) is 0 Å². The lowest BCUT2D eigenvalue weighted by molar-refractivity contribution is -0.142. The number of carbonyl (C=O) groups excluding carboxylic acids is 2. The van der Waals surface area contributed by atoms with Gasteiger partial charge in [0.25, 0.3) is 0 Å². The average Bonchev–Trinajstić information content (AvgIpc) is 3.24. The van der Waals surface area contributed by atoms with Crippen LogP contribution in [0.5, 0.6) is 0 Å². The van der Waals surface area contributed by atoms with E-state index < -0.39 is 18.0 Å². The van der Waals surface area contributed by atoms with E-state index in [1.54, 1.807) is 81.4 Å². The third-order valence-corrected chi connectivity index (χ3v) is 6.21. The van der Waals surface area contributed by atoms with Gasteiger partial charge in [-0.25, -0.2) is 9.18 Å². The molecule has 1 atom stereocenters. The first kappa shape index (κ1) is 26.9. The molecule has 0 aliphatic carbocycles. The summed E-state index contributed by atoms with van der Waals surface area (Å²) in [6.07, 6.45) is -1.19. The average molecular weight is 537 g/mol. The van der Waals surface area contributed by atoms with Crippen LogP contribution in [-0.2, 0) is 20.7 Å². The van der Waals surface area contributed by atoms with E-state index in [4.69, 9.17) is 25.6 Å². The van der Waals surface area contributed by atoms with E-state index in [0.717, 1.165) is 5.56 Å². The predicted molar refractivity (Wildman–Crippen MR) is 142 cm³/mol. The van der Waals surface area contributed by atoms with Crippen LogP contribution < -0.4 is 5.32 Å². The minimum Gasteiger partial charge on any atom is -0.466 e. The number of benzene rings is 3. The summed E-state index contributed by atoms with van der Waals surface area (Å²) >= 11 is 6.20. The van der Waals surface area contributed by atoms with E-state index in [0.29, 0.717) is 39.6 Å². The standard InChI is InChI=1S/C29H26ClFN2O5/c1-4-36-26(34)15-19-9-11-20(12-10-19)23-14-13-21(16-25(23)31)28-27(17(2)33-38-28)32-29(35)37-18(3)22-7-5-6-8-24(22)30/h5-14,16,18H,4,15H2,1-3H3,(H,32,35). The van der Waals surface area contributed by atoms with Crippen LogP contribution in [0.25, 0.3) is 22.5 Å². The van der Waals surface area contributed by atoms with Gasteiger partial charge in [-0.3, -0.25) is 10.1 Å². The molecule has 196 valence electrons. The van der Waals surface area contributed by atoms with Crippen molar-refractivity contribution in [1.82, 2.24) is 5.16 Å². The molecule has 0 bridgehead atoms. The maximum absolute atomic E-state index is 15.2. The summed E-state index contributed by atoms with van der Waals surface area (Å²) in [4.78, 5) is 24.3. The Morgan fingerprint density at radius 2 is 1.79 bits per heavy atom. The summed E-state index contributed by atoms with van der Waals surface area (Å²) in [5, 5.41) is 7.07. The zero-order valence-corrected chi connectivity index (χ0v) is 21.8. The van der Waals surface area contributed by atoms with Gasteiger partial charge < -0.3 is 14.0 Å². The van der Waals surface area contributed by atoms with Gasteiger partial charge in [0, 0.05) is 21.7 Å². The molecule has 9 heteroatoms. The molecule has 1 unspecified atom stereocenters. The van der Waals surface area contributed by atoms with Crippen molar-refractivity contribution in [2.45, 2.75) is 33.3 Å². The molecule has 38 heavy (non-hydrogen) atoms. The zero-order chi connectivity index (χ0) is 27.2. The molecule has 0 aliphatic heterocycles. The summed E-state index contributed by atoms with van der Waals surface area (Å²) in [6.45, 7) is 5.43. The van der Waals surface area contributed by atoms with E-state index in [1.807, 2.05) is 0 Å². The Kier molecular flexibility index (Phi) is 8.43. The van der Waals surface area contributed by atoms with Crippen LogP contribution >= 0.6 is 11.6 Å². The van der Waals surface area contributed by atoms with Gasteiger partial charge in [-0.1, -0.05) is 71.4 Å². The predicted octanol–water partition coefficient (Wildman–Crippen LogP) is 7.52. The Balaban J connectivity index is 1.50. The van der Waals surface area contributed by atoms with Gasteiger partial charge in [0.05, 0.1) is 13.0 Å². The number of aryl methyl sites for hydroxylation is 1. The first-order valence-electron chi connectivity index (χ1n) is 12.0. The Morgan fingerprint density at radius 1 is 1.08 bits per heavy atom. The third-order valence-electron chi connectivity index (χ3n) is 5.87. The molecule has 7 nitrogen and oxygen atoms in total. The van der Waals surface area contributed by atoms with Crippen molar-refractivity contribution in [3.63, 3.8) is 0 Å². The lowest BCUT2D eigenvalue weighted by Gasteiger charge is -2.15. The maximum Gasteiger partial charge on any atom is 0.412 e. The molecule has 0 radical (unpaired) electrons. The number of ether oxygens (including phenoxy) is 2. The van der Waals surface area contributed by atoms with E-state index in [2.05, 4.69) is 10.5 Å². The number of nitrogens with zero attached hydrogens (tertiary/aromatic N) is 1. The molecular weight excluding hydrogens is 511 g/mol. The van der Waals surface area contributed by atoms with Gasteiger partial charge in [-0.2, -0.15) is 0 Å². The van der Waals surface area contributed by atoms with Crippen LogP contribution in [0, 0.1) is 12.7 Å². The molecule has 1 amide bonds. The molecule has 0 spiro atoms. The molecule has 1 heterocycles. The molecule has 1 N–H and O–H groups in total. The summed E-state index contributed by atoms with van der Waals surface area (Å²) in [7, 11) is 0. The second-order valence-electron chi connectivity index (χ2n) is 8.54. The highest BCUT2D eigenvalue weighted by Crippen LogP contribution is 2.34. The van der Waals surface area contributed by atoms with Crippen molar-refractivity contribution in [3.05, 3.63) is 94.4 Å². The fourth-order valence-corrected chi connectivity index (χ4v) is 4.23. The van der Waals surface area contributed by atoms with Crippen molar-refractivity contribution in [3.8, 4) is 22.5 Å². The van der Waals surface area contributed by atoms with Crippen molar-refractivity contribution in [1.29, 1.82) is 0 Å². The first-order valence-corrected chi connectivity index (χ1v) is 12.4. The second-order valence-corrected chi connectivity index (χ2v) is 8.95.